The molecule has 2 rings (SSSR count). The Bertz CT molecular complexity index is 509. The van der Waals surface area contributed by atoms with Crippen molar-refractivity contribution in [3.05, 3.63) is 60.2 Å². The van der Waals surface area contributed by atoms with Gasteiger partial charge in [0.1, 0.15) is 11.9 Å². The van der Waals surface area contributed by atoms with Gasteiger partial charge in [-0.25, -0.2) is 0 Å². The van der Waals surface area contributed by atoms with E-state index in [2.05, 4.69) is 4.29 Å². The highest BCUT2D eigenvalue weighted by Crippen LogP contribution is 2.23. The number of carbonyl (C=O) groups is 1. The molecule has 0 saturated heterocycles. The predicted octanol–water partition coefficient (Wildman–Crippen LogP) is 3.59. The highest BCUT2D eigenvalue weighted by molar-refractivity contribution is 6.13. The first-order valence-electron chi connectivity index (χ1n) is 5.26. The fraction of sp³-hybridized carbons (Fsp3) is 0.0714. The zero-order chi connectivity index (χ0) is 12.1. The number of carbonyl (C=O) groups excluding carboxylic acids is 1. The van der Waals surface area contributed by atoms with E-state index < -0.39 is 5.97 Å². The molecule has 0 aromatic heterocycles. The molecule has 0 fully saturated rings. The van der Waals surface area contributed by atoms with Crippen LogP contribution in [0.3, 0.4) is 0 Å². The average Bonchev–Trinajstić information content (AvgIpc) is 2.40. The van der Waals surface area contributed by atoms with Gasteiger partial charge in [0, 0.05) is 0 Å². The minimum Gasteiger partial charge on any atom is -0.347 e. The maximum Gasteiger partial charge on any atom is 0.329 e. The van der Waals surface area contributed by atoms with Gasteiger partial charge in [0.15, 0.2) is 0 Å². The van der Waals surface area contributed by atoms with Gasteiger partial charge in [-0.3, -0.25) is 4.79 Å². The van der Waals surface area contributed by atoms with Crippen molar-refractivity contribution in [1.82, 2.24) is 0 Å². The van der Waals surface area contributed by atoms with Crippen molar-refractivity contribution in [3.63, 3.8) is 0 Å². The van der Waals surface area contributed by atoms with E-state index in [9.17, 15) is 4.79 Å². The van der Waals surface area contributed by atoms with Gasteiger partial charge in [-0.2, -0.15) is 0 Å². The molecular weight excluding hydrogens is 236 g/mol. The van der Waals surface area contributed by atoms with Crippen molar-refractivity contribution in [1.29, 1.82) is 0 Å². The van der Waals surface area contributed by atoms with E-state index in [4.69, 9.17) is 11.9 Å². The van der Waals surface area contributed by atoms with Crippen LogP contribution in [0.1, 0.15) is 5.56 Å². The Morgan fingerprint density at radius 1 is 1.00 bits per heavy atom. The van der Waals surface area contributed by atoms with Crippen molar-refractivity contribution in [2.75, 3.05) is 0 Å². The number of rotatable bonds is 3. The van der Waals surface area contributed by atoms with Crippen molar-refractivity contribution in [3.8, 4) is 11.1 Å². The van der Waals surface area contributed by atoms with Crippen LogP contribution in [0.5, 0.6) is 0 Å². The van der Waals surface area contributed by atoms with Gasteiger partial charge >= 0.3 is 5.97 Å². The van der Waals surface area contributed by atoms with Gasteiger partial charge in [0.05, 0.1) is 6.42 Å². The fourth-order valence-corrected chi connectivity index (χ4v) is 1.81. The molecule has 86 valence electrons. The summed E-state index contributed by atoms with van der Waals surface area (Å²) in [7, 11) is 0. The van der Waals surface area contributed by atoms with Crippen LogP contribution in [0.25, 0.3) is 11.1 Å². The Morgan fingerprint density at radius 2 is 1.65 bits per heavy atom. The lowest BCUT2D eigenvalue weighted by atomic mass is 9.98. The number of hydrogen-bond acceptors (Lipinski definition) is 2. The number of hydrogen-bond donors (Lipinski definition) is 0. The molecule has 3 heteroatoms. The molecule has 17 heavy (non-hydrogen) atoms. The predicted molar refractivity (Wildman–Crippen MR) is 67.5 cm³/mol. The zero-order valence-electron chi connectivity index (χ0n) is 9.10. The van der Waals surface area contributed by atoms with Crippen LogP contribution in [-0.2, 0) is 15.5 Å². The van der Waals surface area contributed by atoms with E-state index in [-0.39, 0.29) is 6.42 Å². The summed E-state index contributed by atoms with van der Waals surface area (Å²) < 4.78 is 4.18. The van der Waals surface area contributed by atoms with Crippen LogP contribution < -0.4 is 0 Å². The minimum absolute atomic E-state index is 0.175. The third-order valence-electron chi connectivity index (χ3n) is 2.52. The summed E-state index contributed by atoms with van der Waals surface area (Å²) in [5.41, 5.74) is 3.00. The van der Waals surface area contributed by atoms with Crippen LogP contribution >= 0.6 is 11.9 Å². The molecule has 2 nitrogen and oxygen atoms in total. The third-order valence-corrected chi connectivity index (χ3v) is 2.70. The quantitative estimate of drug-likeness (QED) is 0.827. The molecule has 0 radical (unpaired) electrons. The van der Waals surface area contributed by atoms with Crippen LogP contribution in [0.4, 0.5) is 0 Å². The van der Waals surface area contributed by atoms with Crippen molar-refractivity contribution >= 4 is 17.8 Å². The Hall–Kier alpha value is -1.80. The summed E-state index contributed by atoms with van der Waals surface area (Å²) >= 11 is 5.05. The second-order valence-corrected chi connectivity index (χ2v) is 3.80. The van der Waals surface area contributed by atoms with Gasteiger partial charge in [-0.05, 0) is 16.7 Å². The molecule has 0 aliphatic rings. The molecule has 0 aliphatic carbocycles. The molecule has 0 saturated carbocycles. The lowest BCUT2D eigenvalue weighted by Crippen LogP contribution is -2.03. The monoisotopic (exact) mass is 246 g/mol. The highest BCUT2D eigenvalue weighted by Gasteiger charge is 2.09. The molecule has 0 heterocycles. The summed E-state index contributed by atoms with van der Waals surface area (Å²) in [5.74, 6) is -0.449. The first kappa shape index (κ1) is 11.7. The first-order valence-corrected chi connectivity index (χ1v) is 5.57. The molecule has 0 spiro atoms. The lowest BCUT2D eigenvalue weighted by Gasteiger charge is -2.07. The van der Waals surface area contributed by atoms with E-state index in [1.807, 2.05) is 54.6 Å². The lowest BCUT2D eigenvalue weighted by molar-refractivity contribution is -0.133. The fourth-order valence-electron chi connectivity index (χ4n) is 1.76. The van der Waals surface area contributed by atoms with E-state index in [1.165, 1.54) is 0 Å². The summed E-state index contributed by atoms with van der Waals surface area (Å²) in [6, 6.07) is 17.6. The summed E-state index contributed by atoms with van der Waals surface area (Å²) in [4.78, 5) is 11.2. The average molecular weight is 247 g/mol. The van der Waals surface area contributed by atoms with E-state index in [0.717, 1.165) is 16.7 Å². The SMILES string of the molecule is O=C(Cc1ccccc1-c1ccccc1)OCl. The normalized spacial score (nSPS) is 9.94. The maximum absolute atomic E-state index is 11.2. The van der Waals surface area contributed by atoms with Gasteiger partial charge < -0.3 is 4.29 Å². The van der Waals surface area contributed by atoms with Crippen LogP contribution in [0.15, 0.2) is 54.6 Å². The Kier molecular flexibility index (Phi) is 3.78. The molecule has 0 bridgehead atoms. The molecule has 2 aromatic carbocycles. The zero-order valence-corrected chi connectivity index (χ0v) is 9.85. The van der Waals surface area contributed by atoms with Gasteiger partial charge in [0.2, 0.25) is 0 Å². The summed E-state index contributed by atoms with van der Waals surface area (Å²) in [5, 5.41) is 0. The van der Waals surface area contributed by atoms with Crippen molar-refractivity contribution in [2.45, 2.75) is 6.42 Å². The van der Waals surface area contributed by atoms with Crippen molar-refractivity contribution in [2.24, 2.45) is 0 Å². The Morgan fingerprint density at radius 3 is 2.35 bits per heavy atom. The topological polar surface area (TPSA) is 26.3 Å². The summed E-state index contributed by atoms with van der Waals surface area (Å²) in [6.07, 6.45) is 0.175. The Balaban J connectivity index is 2.38. The first-order chi connectivity index (χ1) is 8.31. The van der Waals surface area contributed by atoms with Crippen LogP contribution in [0.2, 0.25) is 0 Å². The van der Waals surface area contributed by atoms with Gasteiger partial charge in [-0.1, -0.05) is 54.6 Å². The van der Waals surface area contributed by atoms with Gasteiger partial charge in [0.25, 0.3) is 0 Å². The molecule has 0 aliphatic heterocycles. The molecule has 2 aromatic rings. The van der Waals surface area contributed by atoms with Gasteiger partial charge in [-0.15, -0.1) is 0 Å². The molecule has 0 atom stereocenters. The smallest absolute Gasteiger partial charge is 0.329 e. The Labute approximate surface area is 105 Å². The van der Waals surface area contributed by atoms with E-state index >= 15 is 0 Å². The second kappa shape index (κ2) is 5.51. The number of benzene rings is 2. The standard InChI is InChI=1S/C14H11ClO2/c15-17-14(16)10-12-8-4-5-9-13(12)11-6-2-1-3-7-11/h1-9H,10H2. The largest absolute Gasteiger partial charge is 0.347 e. The third kappa shape index (κ3) is 2.86. The molecule has 0 unspecified atom stereocenters. The van der Waals surface area contributed by atoms with Crippen LogP contribution in [0, 0.1) is 0 Å². The number of halogens is 1. The molecular formula is C14H11ClO2. The van der Waals surface area contributed by atoms with Crippen molar-refractivity contribution < 1.29 is 9.08 Å². The molecule has 0 amide bonds. The minimum atomic E-state index is -0.449. The van der Waals surface area contributed by atoms with E-state index in [0.29, 0.717) is 0 Å². The van der Waals surface area contributed by atoms with E-state index in [1.54, 1.807) is 0 Å². The summed E-state index contributed by atoms with van der Waals surface area (Å²) in [6.45, 7) is 0. The van der Waals surface area contributed by atoms with Crippen LogP contribution in [-0.4, -0.2) is 5.97 Å². The maximum atomic E-state index is 11.2. The highest BCUT2D eigenvalue weighted by atomic mass is 35.5. The second-order valence-electron chi connectivity index (χ2n) is 3.65. The molecule has 0 N–H and O–H groups in total.